The van der Waals surface area contributed by atoms with Crippen molar-refractivity contribution < 1.29 is 8.42 Å². The van der Waals surface area contributed by atoms with Gasteiger partial charge in [-0.3, -0.25) is 0 Å². The van der Waals surface area contributed by atoms with Gasteiger partial charge in [0.15, 0.2) is 0 Å². The molecular weight excluding hydrogens is 248 g/mol. The van der Waals surface area contributed by atoms with Crippen molar-refractivity contribution in [2.24, 2.45) is 7.05 Å². The van der Waals surface area contributed by atoms with E-state index in [0.717, 1.165) is 11.4 Å². The fourth-order valence-corrected chi connectivity index (χ4v) is 2.18. The summed E-state index contributed by atoms with van der Waals surface area (Å²) in [6.07, 6.45) is 3.50. The summed E-state index contributed by atoms with van der Waals surface area (Å²) in [4.78, 5) is 4.25. The smallest absolute Gasteiger partial charge is 0.261 e. The Morgan fingerprint density at radius 1 is 1.25 bits per heavy atom. The fourth-order valence-electron chi connectivity index (χ4n) is 1.41. The van der Waals surface area contributed by atoms with E-state index in [1.165, 1.54) is 12.1 Å². The number of aromatic nitrogens is 2. The highest BCUT2D eigenvalue weighted by Crippen LogP contribution is 2.21. The molecule has 2 aromatic rings. The van der Waals surface area contributed by atoms with Crippen LogP contribution in [0.15, 0.2) is 41.6 Å². The van der Waals surface area contributed by atoms with Gasteiger partial charge in [-0.15, -0.1) is 0 Å². The van der Waals surface area contributed by atoms with E-state index in [-0.39, 0.29) is 4.90 Å². The monoisotopic (exact) mass is 256 g/mol. The molecule has 0 aliphatic carbocycles. The summed E-state index contributed by atoms with van der Waals surface area (Å²) in [5.41, 5.74) is 0.844. The van der Waals surface area contributed by atoms with Crippen molar-refractivity contribution in [2.45, 2.75) is 4.90 Å². The fraction of sp³-hybridized carbons (Fsp3) is 0.100. The summed E-state index contributed by atoms with van der Waals surface area (Å²) in [7, 11) is 3.43. The van der Waals surface area contributed by atoms with E-state index in [1.54, 1.807) is 18.3 Å². The van der Waals surface area contributed by atoms with Gasteiger partial charge >= 0.3 is 0 Å². The van der Waals surface area contributed by atoms with Crippen molar-refractivity contribution in [3.63, 3.8) is 0 Å². The lowest BCUT2D eigenvalue weighted by Crippen LogP contribution is -1.93. The van der Waals surface area contributed by atoms with E-state index in [2.05, 4.69) is 4.98 Å². The first-order valence-corrected chi connectivity index (χ1v) is 6.82. The first-order chi connectivity index (χ1) is 7.48. The van der Waals surface area contributed by atoms with Gasteiger partial charge in [-0.25, -0.2) is 13.4 Å². The minimum atomic E-state index is -3.65. The summed E-state index contributed by atoms with van der Waals surface area (Å²) in [5, 5.41) is 0. The Balaban J connectivity index is 2.45. The summed E-state index contributed by atoms with van der Waals surface area (Å²) < 4.78 is 23.9. The van der Waals surface area contributed by atoms with E-state index < -0.39 is 9.05 Å². The van der Waals surface area contributed by atoms with E-state index in [9.17, 15) is 8.42 Å². The number of aryl methyl sites for hydroxylation is 1. The third-order valence-electron chi connectivity index (χ3n) is 2.22. The van der Waals surface area contributed by atoms with Crippen molar-refractivity contribution in [2.75, 3.05) is 0 Å². The van der Waals surface area contributed by atoms with Gasteiger partial charge in [-0.2, -0.15) is 0 Å². The normalized spacial score (nSPS) is 11.6. The molecule has 0 aliphatic rings. The first kappa shape index (κ1) is 11.2. The number of hydrogen-bond acceptors (Lipinski definition) is 3. The molecule has 2 rings (SSSR count). The number of benzene rings is 1. The molecule has 0 unspecified atom stereocenters. The summed E-state index contributed by atoms with van der Waals surface area (Å²) >= 11 is 0. The van der Waals surface area contributed by atoms with Gasteiger partial charge in [-0.1, -0.05) is 0 Å². The Bertz CT molecular complexity index is 602. The third-order valence-corrected chi connectivity index (χ3v) is 3.58. The van der Waals surface area contributed by atoms with E-state index in [0.29, 0.717) is 0 Å². The maximum atomic E-state index is 11.0. The average Bonchev–Trinajstić information content (AvgIpc) is 2.63. The molecule has 0 bridgehead atoms. The van der Waals surface area contributed by atoms with E-state index in [1.807, 2.05) is 17.8 Å². The second kappa shape index (κ2) is 3.92. The Kier molecular flexibility index (Phi) is 2.73. The molecule has 0 radical (unpaired) electrons. The van der Waals surface area contributed by atoms with Crippen LogP contribution in [-0.2, 0) is 16.1 Å². The van der Waals surface area contributed by atoms with Crippen LogP contribution >= 0.6 is 10.7 Å². The zero-order valence-electron chi connectivity index (χ0n) is 8.46. The standard InChI is InChI=1S/C10H9ClN2O2S/c1-13-7-6-12-10(13)8-2-4-9(5-3-8)16(11,14)15/h2-7H,1H3. The number of rotatable bonds is 2. The molecule has 16 heavy (non-hydrogen) atoms. The predicted octanol–water partition coefficient (Wildman–Crippen LogP) is 2.01. The highest BCUT2D eigenvalue weighted by molar-refractivity contribution is 8.13. The van der Waals surface area contributed by atoms with Gasteiger partial charge in [0.25, 0.3) is 9.05 Å². The SMILES string of the molecule is Cn1ccnc1-c1ccc(S(=O)(=O)Cl)cc1. The van der Waals surface area contributed by atoms with Crippen LogP contribution in [0.2, 0.25) is 0 Å². The lowest BCUT2D eigenvalue weighted by atomic mass is 10.2. The second-order valence-corrected chi connectivity index (χ2v) is 5.89. The molecule has 84 valence electrons. The van der Waals surface area contributed by atoms with Crippen molar-refractivity contribution in [1.82, 2.24) is 9.55 Å². The Labute approximate surface area is 97.9 Å². The average molecular weight is 257 g/mol. The molecule has 0 N–H and O–H groups in total. The molecule has 0 amide bonds. The molecule has 0 fully saturated rings. The zero-order valence-corrected chi connectivity index (χ0v) is 10.0. The lowest BCUT2D eigenvalue weighted by molar-refractivity contribution is 0.609. The van der Waals surface area contributed by atoms with Gasteiger partial charge in [0, 0.05) is 35.7 Å². The highest BCUT2D eigenvalue weighted by atomic mass is 35.7. The number of nitrogens with zero attached hydrogens (tertiary/aromatic N) is 2. The van der Waals surface area contributed by atoms with Crippen molar-refractivity contribution in [1.29, 1.82) is 0 Å². The Hall–Kier alpha value is -1.33. The summed E-state index contributed by atoms with van der Waals surface area (Å²) in [5.74, 6) is 0.776. The molecule has 1 aromatic heterocycles. The van der Waals surface area contributed by atoms with Crippen LogP contribution in [0.1, 0.15) is 0 Å². The molecule has 0 atom stereocenters. The molecule has 0 saturated carbocycles. The van der Waals surface area contributed by atoms with E-state index in [4.69, 9.17) is 10.7 Å². The molecular formula is C10H9ClN2O2S. The number of imidazole rings is 1. The van der Waals surface area contributed by atoms with Gasteiger partial charge in [0.2, 0.25) is 0 Å². The van der Waals surface area contributed by atoms with Gasteiger partial charge < -0.3 is 4.57 Å². The van der Waals surface area contributed by atoms with Crippen LogP contribution in [0.5, 0.6) is 0 Å². The largest absolute Gasteiger partial charge is 0.334 e. The van der Waals surface area contributed by atoms with Crippen LogP contribution in [0.25, 0.3) is 11.4 Å². The van der Waals surface area contributed by atoms with Crippen LogP contribution in [0, 0.1) is 0 Å². The molecule has 0 saturated heterocycles. The second-order valence-electron chi connectivity index (χ2n) is 3.32. The van der Waals surface area contributed by atoms with Crippen molar-refractivity contribution >= 4 is 19.7 Å². The van der Waals surface area contributed by atoms with Gasteiger partial charge in [-0.05, 0) is 24.3 Å². The molecule has 1 heterocycles. The van der Waals surface area contributed by atoms with Crippen LogP contribution in [0.4, 0.5) is 0 Å². The van der Waals surface area contributed by atoms with Crippen LogP contribution < -0.4 is 0 Å². The van der Waals surface area contributed by atoms with Crippen molar-refractivity contribution in [3.05, 3.63) is 36.7 Å². The summed E-state index contributed by atoms with van der Waals surface area (Å²) in [6, 6.07) is 6.29. The minimum absolute atomic E-state index is 0.0899. The Morgan fingerprint density at radius 2 is 1.88 bits per heavy atom. The third kappa shape index (κ3) is 2.10. The topological polar surface area (TPSA) is 52.0 Å². The zero-order chi connectivity index (χ0) is 11.8. The number of halogens is 1. The van der Waals surface area contributed by atoms with Gasteiger partial charge in [0.05, 0.1) is 4.90 Å². The quantitative estimate of drug-likeness (QED) is 0.773. The molecule has 4 nitrogen and oxygen atoms in total. The van der Waals surface area contributed by atoms with Crippen LogP contribution in [0.3, 0.4) is 0 Å². The minimum Gasteiger partial charge on any atom is -0.334 e. The summed E-state index contributed by atoms with van der Waals surface area (Å²) in [6.45, 7) is 0. The maximum Gasteiger partial charge on any atom is 0.261 e. The molecule has 0 spiro atoms. The molecule has 1 aromatic carbocycles. The molecule has 6 heteroatoms. The predicted molar refractivity (Wildman–Crippen MR) is 61.7 cm³/mol. The lowest BCUT2D eigenvalue weighted by Gasteiger charge is -2.02. The van der Waals surface area contributed by atoms with Crippen molar-refractivity contribution in [3.8, 4) is 11.4 Å². The number of hydrogen-bond donors (Lipinski definition) is 0. The van der Waals surface area contributed by atoms with E-state index >= 15 is 0 Å². The first-order valence-electron chi connectivity index (χ1n) is 4.51. The highest BCUT2D eigenvalue weighted by Gasteiger charge is 2.10. The van der Waals surface area contributed by atoms with Crippen LogP contribution in [-0.4, -0.2) is 18.0 Å². The molecule has 0 aliphatic heterocycles. The Morgan fingerprint density at radius 3 is 2.31 bits per heavy atom. The van der Waals surface area contributed by atoms with Gasteiger partial charge in [0.1, 0.15) is 5.82 Å². The maximum absolute atomic E-state index is 11.0.